The minimum atomic E-state index is -0.631. The quantitative estimate of drug-likeness (QED) is 0.806. The summed E-state index contributed by atoms with van der Waals surface area (Å²) in [6, 6.07) is 4.03. The molecule has 1 aromatic heterocycles. The number of ether oxygens (including phenoxy) is 1. The minimum Gasteiger partial charge on any atom is -0.447 e. The van der Waals surface area contributed by atoms with Crippen molar-refractivity contribution >= 4 is 23.1 Å². The lowest BCUT2D eigenvalue weighted by Gasteiger charge is -2.61. The van der Waals surface area contributed by atoms with E-state index in [0.29, 0.717) is 5.90 Å². The fraction of sp³-hybridized carbons (Fsp3) is 0.684. The van der Waals surface area contributed by atoms with Crippen molar-refractivity contribution in [2.45, 2.75) is 58.1 Å². The lowest BCUT2D eigenvalue weighted by Crippen LogP contribution is -2.63. The molecule has 4 fully saturated rings. The van der Waals surface area contributed by atoms with Crippen LogP contribution in [0.1, 0.15) is 57.2 Å². The molecule has 0 radical (unpaired) electrons. The molecular formula is C19H24N2O2S. The van der Waals surface area contributed by atoms with Gasteiger partial charge in [0, 0.05) is 12.3 Å². The second-order valence-electron chi connectivity index (χ2n) is 8.50. The van der Waals surface area contributed by atoms with Crippen molar-refractivity contribution in [2.75, 3.05) is 0 Å². The van der Waals surface area contributed by atoms with Gasteiger partial charge >= 0.3 is 0 Å². The number of hydrogen-bond acceptors (Lipinski definition) is 4. The van der Waals surface area contributed by atoms with Crippen molar-refractivity contribution in [1.29, 1.82) is 0 Å². The van der Waals surface area contributed by atoms with E-state index < -0.39 is 5.72 Å². The molecule has 1 atom stereocenters. The van der Waals surface area contributed by atoms with Crippen LogP contribution in [0.2, 0.25) is 0 Å². The standard InChI is InChI=1S/C19H24N2O2S/c1-12(22)21-18(2,23-17(20-21)16-4-3-5-24-16)19-9-13-6-14(10-19)8-15(7-13)11-19/h3-5,13-15H,6-11H2,1-2H3/t13?,14?,15?,18-,19?/m0/s1. The van der Waals surface area contributed by atoms with Crippen LogP contribution in [0.15, 0.2) is 22.6 Å². The SMILES string of the molecule is CC(=O)N1N=C(c2cccs2)O[C@@]1(C)C12CC3CC(CC(C3)C1)C2. The molecule has 2 heterocycles. The van der Waals surface area contributed by atoms with E-state index >= 15 is 0 Å². The van der Waals surface area contributed by atoms with Crippen LogP contribution in [0.5, 0.6) is 0 Å². The molecular weight excluding hydrogens is 320 g/mol. The third kappa shape index (κ3) is 1.91. The van der Waals surface area contributed by atoms with Crippen molar-refractivity contribution in [3.8, 4) is 0 Å². The summed E-state index contributed by atoms with van der Waals surface area (Å²) in [6.45, 7) is 3.73. The Labute approximate surface area is 146 Å². The van der Waals surface area contributed by atoms with Crippen LogP contribution in [0.3, 0.4) is 0 Å². The van der Waals surface area contributed by atoms with Gasteiger partial charge in [0.05, 0.1) is 4.88 Å². The molecule has 0 unspecified atom stereocenters. The van der Waals surface area contributed by atoms with Crippen molar-refractivity contribution in [3.63, 3.8) is 0 Å². The zero-order valence-corrected chi connectivity index (χ0v) is 15.1. The smallest absolute Gasteiger partial charge is 0.251 e. The van der Waals surface area contributed by atoms with Gasteiger partial charge in [-0.2, -0.15) is 5.01 Å². The molecule has 0 aromatic carbocycles. The van der Waals surface area contributed by atoms with E-state index in [2.05, 4.69) is 12.0 Å². The van der Waals surface area contributed by atoms with Gasteiger partial charge in [0.1, 0.15) is 0 Å². The van der Waals surface area contributed by atoms with Gasteiger partial charge in [-0.05, 0) is 74.6 Å². The summed E-state index contributed by atoms with van der Waals surface area (Å²) in [6.07, 6.45) is 7.71. The Morgan fingerprint density at radius 2 is 1.88 bits per heavy atom. The fourth-order valence-electron chi connectivity index (χ4n) is 6.32. The van der Waals surface area contributed by atoms with Gasteiger partial charge in [0.25, 0.3) is 5.90 Å². The normalized spacial score (nSPS) is 43.0. The number of carbonyl (C=O) groups excluding carboxylic acids is 1. The monoisotopic (exact) mass is 344 g/mol. The van der Waals surface area contributed by atoms with Crippen LogP contribution in [0.4, 0.5) is 0 Å². The molecule has 6 rings (SSSR count). The summed E-state index contributed by atoms with van der Waals surface area (Å²) in [5.74, 6) is 3.06. The Morgan fingerprint density at radius 3 is 2.38 bits per heavy atom. The Kier molecular flexibility index (Phi) is 3.01. The largest absolute Gasteiger partial charge is 0.447 e. The van der Waals surface area contributed by atoms with Crippen LogP contribution in [-0.2, 0) is 9.53 Å². The number of thiophene rings is 1. The summed E-state index contributed by atoms with van der Waals surface area (Å²) in [5.41, 5.74) is -0.565. The van der Waals surface area contributed by atoms with Gasteiger partial charge in [0.15, 0.2) is 0 Å². The maximum atomic E-state index is 12.4. The molecule has 4 saturated carbocycles. The highest BCUT2D eigenvalue weighted by Gasteiger charge is 2.65. The van der Waals surface area contributed by atoms with E-state index in [-0.39, 0.29) is 11.3 Å². The van der Waals surface area contributed by atoms with Crippen molar-refractivity contribution in [2.24, 2.45) is 28.3 Å². The first-order valence-corrected chi connectivity index (χ1v) is 9.99. The molecule has 5 heteroatoms. The number of rotatable bonds is 2. The van der Waals surface area contributed by atoms with E-state index in [9.17, 15) is 4.79 Å². The van der Waals surface area contributed by atoms with E-state index in [0.717, 1.165) is 22.6 Å². The van der Waals surface area contributed by atoms with Gasteiger partial charge < -0.3 is 4.74 Å². The molecule has 4 bridgehead atoms. The molecule has 1 aliphatic heterocycles. The molecule has 1 aromatic rings. The Bertz CT molecular complexity index is 676. The topological polar surface area (TPSA) is 41.9 Å². The molecule has 0 N–H and O–H groups in total. The van der Waals surface area contributed by atoms with E-state index in [1.165, 1.54) is 38.5 Å². The van der Waals surface area contributed by atoms with Crippen LogP contribution >= 0.6 is 11.3 Å². The summed E-state index contributed by atoms with van der Waals surface area (Å²) in [5, 5.41) is 8.32. The van der Waals surface area contributed by atoms with Gasteiger partial charge in [-0.1, -0.05) is 6.07 Å². The third-order valence-electron chi connectivity index (χ3n) is 6.94. The van der Waals surface area contributed by atoms with Crippen LogP contribution in [-0.4, -0.2) is 22.5 Å². The number of carbonyl (C=O) groups is 1. The second kappa shape index (κ2) is 4.84. The summed E-state index contributed by atoms with van der Waals surface area (Å²) in [7, 11) is 0. The Morgan fingerprint density at radius 1 is 1.25 bits per heavy atom. The highest BCUT2D eigenvalue weighted by atomic mass is 32.1. The highest BCUT2D eigenvalue weighted by molar-refractivity contribution is 7.12. The van der Waals surface area contributed by atoms with Crippen molar-refractivity contribution < 1.29 is 9.53 Å². The summed E-state index contributed by atoms with van der Waals surface area (Å²) in [4.78, 5) is 13.4. The molecule has 24 heavy (non-hydrogen) atoms. The predicted molar refractivity (Wildman–Crippen MR) is 93.5 cm³/mol. The predicted octanol–water partition coefficient (Wildman–Crippen LogP) is 4.22. The lowest BCUT2D eigenvalue weighted by molar-refractivity contribution is -0.216. The first kappa shape index (κ1) is 14.9. The molecule has 0 spiro atoms. The first-order valence-electron chi connectivity index (χ1n) is 9.11. The Balaban J connectivity index is 1.55. The number of amides is 1. The van der Waals surface area contributed by atoms with Gasteiger partial charge in [0.2, 0.25) is 11.6 Å². The van der Waals surface area contributed by atoms with Crippen molar-refractivity contribution in [1.82, 2.24) is 5.01 Å². The maximum absolute atomic E-state index is 12.4. The summed E-state index contributed by atoms with van der Waals surface area (Å²) >= 11 is 1.62. The first-order chi connectivity index (χ1) is 11.5. The molecule has 5 aliphatic rings. The van der Waals surface area contributed by atoms with Crippen LogP contribution < -0.4 is 0 Å². The number of hydrogen-bond donors (Lipinski definition) is 0. The average Bonchev–Trinajstić information content (AvgIpc) is 3.13. The third-order valence-corrected chi connectivity index (χ3v) is 7.80. The number of hydrazone groups is 1. The molecule has 0 saturated heterocycles. The second-order valence-corrected chi connectivity index (χ2v) is 9.44. The van der Waals surface area contributed by atoms with E-state index in [1.807, 2.05) is 17.5 Å². The molecule has 4 nitrogen and oxygen atoms in total. The zero-order chi connectivity index (χ0) is 16.5. The molecule has 1 amide bonds. The van der Waals surface area contributed by atoms with Crippen molar-refractivity contribution in [3.05, 3.63) is 22.4 Å². The molecule has 128 valence electrons. The zero-order valence-electron chi connectivity index (χ0n) is 14.3. The number of nitrogens with zero attached hydrogens (tertiary/aromatic N) is 2. The average molecular weight is 344 g/mol. The maximum Gasteiger partial charge on any atom is 0.251 e. The Hall–Kier alpha value is -1.36. The van der Waals surface area contributed by atoms with Crippen LogP contribution in [0.25, 0.3) is 0 Å². The van der Waals surface area contributed by atoms with Gasteiger partial charge in [-0.3, -0.25) is 4.79 Å². The molecule has 4 aliphatic carbocycles. The van der Waals surface area contributed by atoms with E-state index in [1.54, 1.807) is 23.3 Å². The fourth-order valence-corrected chi connectivity index (χ4v) is 6.96. The van der Waals surface area contributed by atoms with Gasteiger partial charge in [-0.25, -0.2) is 0 Å². The highest BCUT2D eigenvalue weighted by Crippen LogP contribution is 2.65. The van der Waals surface area contributed by atoms with Gasteiger partial charge in [-0.15, -0.1) is 16.4 Å². The lowest BCUT2D eigenvalue weighted by atomic mass is 9.47. The van der Waals surface area contributed by atoms with E-state index in [4.69, 9.17) is 4.74 Å². The van der Waals surface area contributed by atoms with Crippen LogP contribution in [0, 0.1) is 23.2 Å². The summed E-state index contributed by atoms with van der Waals surface area (Å²) < 4.78 is 6.52. The minimum absolute atomic E-state index is 0.0141.